The fraction of sp³-hybridized carbons (Fsp3) is 0.579. The SMILES string of the molecule is COC(=O)[C@@H]1C[C@@H]2CCCC[C@H]2N1S(=O)(=O)c1ccc(OC)c(NC(C)=O)c1. The molecule has 1 amide bonds. The maximum atomic E-state index is 13.5. The molecule has 1 aromatic rings. The number of nitrogens with one attached hydrogen (secondary N) is 1. The highest BCUT2D eigenvalue weighted by molar-refractivity contribution is 7.89. The summed E-state index contributed by atoms with van der Waals surface area (Å²) >= 11 is 0. The third-order valence-corrected chi connectivity index (χ3v) is 7.49. The summed E-state index contributed by atoms with van der Waals surface area (Å²) in [6.07, 6.45) is 4.08. The van der Waals surface area contributed by atoms with Crippen molar-refractivity contribution in [1.82, 2.24) is 4.31 Å². The largest absolute Gasteiger partial charge is 0.495 e. The number of esters is 1. The van der Waals surface area contributed by atoms with Crippen molar-refractivity contribution in [2.24, 2.45) is 5.92 Å². The number of carbonyl (C=O) groups excluding carboxylic acids is 2. The van der Waals surface area contributed by atoms with Crippen molar-refractivity contribution in [3.8, 4) is 5.75 Å². The highest BCUT2D eigenvalue weighted by atomic mass is 32.2. The summed E-state index contributed by atoms with van der Waals surface area (Å²) in [5.41, 5.74) is 0.269. The number of ether oxygens (including phenoxy) is 2. The normalized spacial score (nSPS) is 25.0. The van der Waals surface area contributed by atoms with Gasteiger partial charge in [-0.3, -0.25) is 9.59 Å². The molecule has 2 aliphatic rings. The first-order chi connectivity index (χ1) is 13.3. The lowest BCUT2D eigenvalue weighted by Crippen LogP contribution is -2.46. The molecule has 1 aromatic carbocycles. The van der Waals surface area contributed by atoms with Crippen molar-refractivity contribution in [3.05, 3.63) is 18.2 Å². The van der Waals surface area contributed by atoms with E-state index in [0.29, 0.717) is 12.2 Å². The molecule has 0 unspecified atom stereocenters. The van der Waals surface area contributed by atoms with Crippen LogP contribution in [0.5, 0.6) is 5.75 Å². The average molecular weight is 410 g/mol. The van der Waals surface area contributed by atoms with Gasteiger partial charge in [0.1, 0.15) is 11.8 Å². The van der Waals surface area contributed by atoms with E-state index in [0.717, 1.165) is 25.7 Å². The smallest absolute Gasteiger partial charge is 0.324 e. The third kappa shape index (κ3) is 3.73. The number of sulfonamides is 1. The first-order valence-corrected chi connectivity index (χ1v) is 10.8. The molecule has 1 aliphatic carbocycles. The van der Waals surface area contributed by atoms with E-state index in [1.165, 1.54) is 43.6 Å². The zero-order chi connectivity index (χ0) is 20.5. The van der Waals surface area contributed by atoms with Gasteiger partial charge >= 0.3 is 5.97 Å². The van der Waals surface area contributed by atoms with Crippen LogP contribution in [0.4, 0.5) is 5.69 Å². The molecule has 154 valence electrons. The van der Waals surface area contributed by atoms with E-state index in [4.69, 9.17) is 9.47 Å². The van der Waals surface area contributed by atoms with Gasteiger partial charge in [0.2, 0.25) is 15.9 Å². The highest BCUT2D eigenvalue weighted by Gasteiger charge is 2.51. The van der Waals surface area contributed by atoms with E-state index < -0.39 is 22.0 Å². The minimum Gasteiger partial charge on any atom is -0.495 e. The quantitative estimate of drug-likeness (QED) is 0.747. The number of benzene rings is 1. The van der Waals surface area contributed by atoms with Gasteiger partial charge in [0.05, 0.1) is 24.8 Å². The average Bonchev–Trinajstić information content (AvgIpc) is 3.07. The summed E-state index contributed by atoms with van der Waals surface area (Å²) < 4.78 is 38.5. The number of amides is 1. The van der Waals surface area contributed by atoms with Crippen LogP contribution in [0.15, 0.2) is 23.1 Å². The first-order valence-electron chi connectivity index (χ1n) is 9.36. The van der Waals surface area contributed by atoms with Crippen LogP contribution in [-0.2, 0) is 24.3 Å². The molecule has 1 saturated carbocycles. The van der Waals surface area contributed by atoms with Gasteiger partial charge in [-0.1, -0.05) is 12.8 Å². The van der Waals surface area contributed by atoms with Crippen LogP contribution in [0, 0.1) is 5.92 Å². The molecule has 9 heteroatoms. The Bertz CT molecular complexity index is 869. The fourth-order valence-corrected chi connectivity index (χ4v) is 6.25. The molecule has 1 N–H and O–H groups in total. The zero-order valence-electron chi connectivity index (χ0n) is 16.3. The molecule has 3 atom stereocenters. The minimum atomic E-state index is -3.97. The Labute approximate surface area is 165 Å². The fourth-order valence-electron chi connectivity index (χ4n) is 4.36. The molecule has 0 spiro atoms. The molecular formula is C19H26N2O6S. The predicted molar refractivity (Wildman–Crippen MR) is 102 cm³/mol. The molecule has 0 aromatic heterocycles. The van der Waals surface area contributed by atoms with Crippen LogP contribution in [-0.4, -0.2) is 50.9 Å². The van der Waals surface area contributed by atoms with Crippen molar-refractivity contribution >= 4 is 27.6 Å². The van der Waals surface area contributed by atoms with Crippen molar-refractivity contribution < 1.29 is 27.5 Å². The molecule has 1 aliphatic heterocycles. The number of hydrogen-bond donors (Lipinski definition) is 1. The second kappa shape index (κ2) is 8.08. The first kappa shape index (κ1) is 20.6. The number of nitrogens with zero attached hydrogens (tertiary/aromatic N) is 1. The van der Waals surface area contributed by atoms with Crippen LogP contribution >= 0.6 is 0 Å². The van der Waals surface area contributed by atoms with Gasteiger partial charge in [0.25, 0.3) is 0 Å². The molecule has 2 fully saturated rings. The summed E-state index contributed by atoms with van der Waals surface area (Å²) in [4.78, 5) is 23.8. The molecule has 1 saturated heterocycles. The second-order valence-corrected chi connectivity index (χ2v) is 9.11. The van der Waals surface area contributed by atoms with Crippen LogP contribution in [0.25, 0.3) is 0 Å². The number of fused-ring (bicyclic) bond motifs is 1. The lowest BCUT2D eigenvalue weighted by Gasteiger charge is -2.32. The number of hydrogen-bond acceptors (Lipinski definition) is 6. The predicted octanol–water partition coefficient (Wildman–Crippen LogP) is 2.15. The van der Waals surface area contributed by atoms with Crippen LogP contribution in [0.3, 0.4) is 0 Å². The van der Waals surface area contributed by atoms with Crippen LogP contribution < -0.4 is 10.1 Å². The molecule has 8 nitrogen and oxygen atoms in total. The summed E-state index contributed by atoms with van der Waals surface area (Å²) in [6, 6.07) is 3.27. The molecular weight excluding hydrogens is 384 g/mol. The Morgan fingerprint density at radius 1 is 1.18 bits per heavy atom. The summed E-state index contributed by atoms with van der Waals surface area (Å²) in [5, 5.41) is 2.59. The number of carbonyl (C=O) groups is 2. The standard InChI is InChI=1S/C19H26N2O6S/c1-12(22)20-15-11-14(8-9-18(15)26-2)28(24,25)21-16-7-5-4-6-13(16)10-17(21)19(23)27-3/h8-9,11,13,16-17H,4-7,10H2,1-3H3,(H,20,22)/t13-,16+,17-/m0/s1. The lowest BCUT2D eigenvalue weighted by molar-refractivity contribution is -0.144. The summed E-state index contributed by atoms with van der Waals surface area (Å²) in [7, 11) is -1.26. The van der Waals surface area contributed by atoms with E-state index in [1.54, 1.807) is 0 Å². The Balaban J connectivity index is 2.04. The highest BCUT2D eigenvalue weighted by Crippen LogP contribution is 2.43. The Morgan fingerprint density at radius 3 is 2.54 bits per heavy atom. The zero-order valence-corrected chi connectivity index (χ0v) is 17.1. The minimum absolute atomic E-state index is 0.0113. The molecule has 0 radical (unpaired) electrons. The lowest BCUT2D eigenvalue weighted by atomic mass is 9.85. The summed E-state index contributed by atoms with van der Waals surface area (Å²) in [5.74, 6) is -0.362. The van der Waals surface area contributed by atoms with E-state index >= 15 is 0 Å². The van der Waals surface area contributed by atoms with Crippen molar-refractivity contribution in [2.75, 3.05) is 19.5 Å². The third-order valence-electron chi connectivity index (χ3n) is 5.56. The van der Waals surface area contributed by atoms with E-state index in [1.807, 2.05) is 0 Å². The van der Waals surface area contributed by atoms with Gasteiger partial charge in [-0.15, -0.1) is 0 Å². The number of methoxy groups -OCH3 is 2. The molecule has 3 rings (SSSR count). The van der Waals surface area contributed by atoms with Crippen LogP contribution in [0.2, 0.25) is 0 Å². The van der Waals surface area contributed by atoms with Crippen molar-refractivity contribution in [1.29, 1.82) is 0 Å². The topological polar surface area (TPSA) is 102 Å². The summed E-state index contributed by atoms with van der Waals surface area (Å²) in [6.45, 7) is 1.33. The monoisotopic (exact) mass is 410 g/mol. The Morgan fingerprint density at radius 2 is 1.89 bits per heavy atom. The van der Waals surface area contributed by atoms with Gasteiger partial charge in [0.15, 0.2) is 0 Å². The van der Waals surface area contributed by atoms with Gasteiger partial charge < -0.3 is 14.8 Å². The molecule has 28 heavy (non-hydrogen) atoms. The Kier molecular flexibility index (Phi) is 5.95. The van der Waals surface area contributed by atoms with Gasteiger partial charge in [0, 0.05) is 13.0 Å². The molecule has 1 heterocycles. The van der Waals surface area contributed by atoms with Gasteiger partial charge in [-0.2, -0.15) is 4.31 Å². The maximum absolute atomic E-state index is 13.5. The van der Waals surface area contributed by atoms with Crippen molar-refractivity contribution in [2.45, 2.75) is 56.0 Å². The van der Waals surface area contributed by atoms with Gasteiger partial charge in [-0.05, 0) is 43.4 Å². The van der Waals surface area contributed by atoms with Gasteiger partial charge in [-0.25, -0.2) is 8.42 Å². The molecule has 0 bridgehead atoms. The Hall–Kier alpha value is -2.13. The van der Waals surface area contributed by atoms with E-state index in [9.17, 15) is 18.0 Å². The number of rotatable bonds is 5. The second-order valence-electron chi connectivity index (χ2n) is 7.26. The maximum Gasteiger partial charge on any atom is 0.324 e. The number of anilines is 1. The van der Waals surface area contributed by atoms with Crippen LogP contribution in [0.1, 0.15) is 39.0 Å². The van der Waals surface area contributed by atoms with E-state index in [2.05, 4.69) is 5.32 Å². The van der Waals surface area contributed by atoms with Crippen molar-refractivity contribution in [3.63, 3.8) is 0 Å². The van der Waals surface area contributed by atoms with E-state index in [-0.39, 0.29) is 28.4 Å².